The predicted octanol–water partition coefficient (Wildman–Crippen LogP) is 4.77. The lowest BCUT2D eigenvalue weighted by atomic mass is 10.00. The summed E-state index contributed by atoms with van der Waals surface area (Å²) in [5.41, 5.74) is 1.99. The maximum Gasteiger partial charge on any atom is 0.244 e. The minimum absolute atomic E-state index is 0.0273. The van der Waals surface area contributed by atoms with Gasteiger partial charge in [0.15, 0.2) is 0 Å². The van der Waals surface area contributed by atoms with Crippen LogP contribution in [0.25, 0.3) is 0 Å². The molecule has 0 aliphatic heterocycles. The number of carbonyl (C=O) groups excluding carboxylic acids is 2. The number of para-hydroxylation sites is 1. The molecule has 2 unspecified atom stereocenters. The summed E-state index contributed by atoms with van der Waals surface area (Å²) >= 11 is 0. The quantitative estimate of drug-likeness (QED) is 0.231. The van der Waals surface area contributed by atoms with Crippen molar-refractivity contribution in [1.82, 2.24) is 10.2 Å². The van der Waals surface area contributed by atoms with Crippen LogP contribution in [0, 0.1) is 11.3 Å². The van der Waals surface area contributed by atoms with Gasteiger partial charge in [-0.3, -0.25) is 14.5 Å². The monoisotopic (exact) mass is 530 g/mol. The summed E-state index contributed by atoms with van der Waals surface area (Å²) in [6, 6.07) is 25.8. The first-order valence-electron chi connectivity index (χ1n) is 13.0. The fraction of sp³-hybridized carbons (Fsp3) is 0.323. The molecule has 0 fully saturated rings. The highest BCUT2D eigenvalue weighted by Gasteiger charge is 2.27. The third-order valence-corrected chi connectivity index (χ3v) is 6.21. The van der Waals surface area contributed by atoms with Gasteiger partial charge in [-0.25, -0.2) is 0 Å². The lowest BCUT2D eigenvalue weighted by Gasteiger charge is -2.29. The summed E-state index contributed by atoms with van der Waals surface area (Å²) in [6.45, 7) is 3.10. The van der Waals surface area contributed by atoms with Gasteiger partial charge < -0.3 is 25.5 Å². The van der Waals surface area contributed by atoms with E-state index in [0.29, 0.717) is 36.8 Å². The number of nitrogens with one attached hydrogen (secondary N) is 3. The van der Waals surface area contributed by atoms with Crippen molar-refractivity contribution in [2.75, 3.05) is 39.1 Å². The Morgan fingerprint density at radius 1 is 0.923 bits per heavy atom. The number of benzene rings is 3. The number of Topliss-reactive ketones (excluding diaryl/α,β-unsaturated/α-hetero) is 1. The van der Waals surface area contributed by atoms with Crippen molar-refractivity contribution < 1.29 is 19.1 Å². The molecular formula is C31H38N4O4. The second kappa shape index (κ2) is 15.5. The first kappa shape index (κ1) is 29.7. The van der Waals surface area contributed by atoms with Crippen LogP contribution in [0.2, 0.25) is 0 Å². The predicted molar refractivity (Wildman–Crippen MR) is 155 cm³/mol. The average molecular weight is 531 g/mol. The maximum absolute atomic E-state index is 13.4. The van der Waals surface area contributed by atoms with E-state index in [1.165, 1.54) is 0 Å². The van der Waals surface area contributed by atoms with Crippen molar-refractivity contribution in [2.45, 2.75) is 26.0 Å². The van der Waals surface area contributed by atoms with Gasteiger partial charge in [-0.15, -0.1) is 0 Å². The molecule has 1 amide bonds. The van der Waals surface area contributed by atoms with E-state index in [4.69, 9.17) is 14.9 Å². The van der Waals surface area contributed by atoms with Gasteiger partial charge in [-0.2, -0.15) is 0 Å². The number of anilines is 1. The molecule has 39 heavy (non-hydrogen) atoms. The highest BCUT2D eigenvalue weighted by Crippen LogP contribution is 2.23. The maximum atomic E-state index is 13.4. The molecule has 0 bridgehead atoms. The summed E-state index contributed by atoms with van der Waals surface area (Å²) < 4.78 is 11.8. The Labute approximate surface area is 230 Å². The zero-order valence-corrected chi connectivity index (χ0v) is 22.9. The van der Waals surface area contributed by atoms with Crippen LogP contribution in [0.3, 0.4) is 0 Å². The smallest absolute Gasteiger partial charge is 0.244 e. The number of carbonyl (C=O) groups is 2. The summed E-state index contributed by atoms with van der Waals surface area (Å²) in [5.74, 6) is 0.794. The Morgan fingerprint density at radius 3 is 2.18 bits per heavy atom. The average Bonchev–Trinajstić information content (AvgIpc) is 2.93. The molecule has 206 valence electrons. The lowest BCUT2D eigenvalue weighted by Crippen LogP contribution is -2.47. The molecule has 0 heterocycles. The number of hydrogen-bond acceptors (Lipinski definition) is 7. The number of rotatable bonds is 16. The zero-order chi connectivity index (χ0) is 28.0. The van der Waals surface area contributed by atoms with Gasteiger partial charge in [0.05, 0.1) is 13.2 Å². The number of ether oxygens (including phenoxy) is 2. The zero-order valence-electron chi connectivity index (χ0n) is 22.9. The highest BCUT2D eigenvalue weighted by molar-refractivity contribution is 6.02. The number of nitrogens with zero attached hydrogens (tertiary/aromatic N) is 1. The lowest BCUT2D eigenvalue weighted by molar-refractivity contribution is -0.126. The molecule has 0 aliphatic carbocycles. The van der Waals surface area contributed by atoms with Gasteiger partial charge in [0.25, 0.3) is 0 Å². The van der Waals surface area contributed by atoms with Crippen molar-refractivity contribution >= 4 is 23.1 Å². The number of amides is 1. The minimum atomic E-state index is -0.624. The Balaban J connectivity index is 1.64. The van der Waals surface area contributed by atoms with E-state index in [9.17, 15) is 9.59 Å². The van der Waals surface area contributed by atoms with E-state index in [-0.39, 0.29) is 30.6 Å². The first-order valence-corrected chi connectivity index (χ1v) is 13.0. The van der Waals surface area contributed by atoms with E-state index in [0.717, 1.165) is 11.3 Å². The Morgan fingerprint density at radius 2 is 1.54 bits per heavy atom. The summed E-state index contributed by atoms with van der Waals surface area (Å²) in [7, 11) is 3.56. The highest BCUT2D eigenvalue weighted by atomic mass is 16.5. The Bertz CT molecular complexity index is 1190. The number of hydrogen-bond donors (Lipinski definition) is 3. The largest absolute Gasteiger partial charge is 0.457 e. The van der Waals surface area contributed by atoms with E-state index < -0.39 is 6.04 Å². The van der Waals surface area contributed by atoms with Gasteiger partial charge in [0.1, 0.15) is 23.3 Å². The Kier molecular flexibility index (Phi) is 11.8. The van der Waals surface area contributed by atoms with Crippen LogP contribution in [0.15, 0.2) is 84.9 Å². The molecular weight excluding hydrogens is 492 g/mol. The fourth-order valence-electron chi connectivity index (χ4n) is 4.04. The first-order chi connectivity index (χ1) is 18.9. The SMILES string of the molecule is CNCC(=N)CC(=O)C(C)CN(C)C(COCc1ccccc1)C(=O)Nc1ccc(Oc2ccccc2)cc1. The third-order valence-electron chi connectivity index (χ3n) is 6.21. The fourth-order valence-corrected chi connectivity index (χ4v) is 4.04. The molecule has 0 saturated carbocycles. The van der Waals surface area contributed by atoms with Gasteiger partial charge in [0.2, 0.25) is 5.91 Å². The Hall–Kier alpha value is -3.85. The van der Waals surface area contributed by atoms with E-state index in [1.807, 2.05) is 79.5 Å². The molecule has 8 heteroatoms. The minimum Gasteiger partial charge on any atom is -0.457 e. The van der Waals surface area contributed by atoms with Crippen LogP contribution < -0.4 is 15.4 Å². The number of likely N-dealkylation sites (N-methyl/N-ethyl adjacent to an activating group) is 1. The van der Waals surface area contributed by atoms with E-state index in [2.05, 4.69) is 10.6 Å². The van der Waals surface area contributed by atoms with E-state index >= 15 is 0 Å². The molecule has 3 rings (SSSR count). The van der Waals surface area contributed by atoms with E-state index in [1.54, 1.807) is 31.3 Å². The second-order valence-electron chi connectivity index (χ2n) is 9.56. The van der Waals surface area contributed by atoms with Crippen molar-refractivity contribution in [3.63, 3.8) is 0 Å². The van der Waals surface area contributed by atoms with Crippen LogP contribution in [0.4, 0.5) is 5.69 Å². The van der Waals surface area contributed by atoms with Gasteiger partial charge >= 0.3 is 0 Å². The molecule has 8 nitrogen and oxygen atoms in total. The van der Waals surface area contributed by atoms with Gasteiger partial charge in [-0.1, -0.05) is 55.5 Å². The summed E-state index contributed by atoms with van der Waals surface area (Å²) in [6.07, 6.45) is 0.0919. The van der Waals surface area contributed by atoms with Gasteiger partial charge in [-0.05, 0) is 56.1 Å². The van der Waals surface area contributed by atoms with Crippen molar-refractivity contribution in [2.24, 2.45) is 5.92 Å². The molecule has 0 spiro atoms. The molecule has 3 N–H and O–H groups in total. The molecule has 0 aromatic heterocycles. The number of ketones is 1. The molecule has 3 aromatic rings. The van der Waals surface area contributed by atoms with Crippen LogP contribution in [0.5, 0.6) is 11.5 Å². The standard InChI is InChI=1S/C31H38N4O4/c1-23(30(36)18-25(32)19-33-2)20-35(3)29(22-38-21-24-10-6-4-7-11-24)31(37)34-26-14-16-28(17-15-26)39-27-12-8-5-9-13-27/h4-17,23,29,32-33H,18-22H2,1-3H3,(H,34,37). The second-order valence-corrected chi connectivity index (χ2v) is 9.56. The van der Waals surface area contributed by atoms with Crippen molar-refractivity contribution in [3.8, 4) is 11.5 Å². The van der Waals surface area contributed by atoms with Crippen molar-refractivity contribution in [3.05, 3.63) is 90.5 Å². The van der Waals surface area contributed by atoms with Crippen LogP contribution >= 0.6 is 0 Å². The van der Waals surface area contributed by atoms with Crippen molar-refractivity contribution in [1.29, 1.82) is 5.41 Å². The normalized spacial score (nSPS) is 12.5. The third kappa shape index (κ3) is 10.1. The summed E-state index contributed by atoms with van der Waals surface area (Å²) in [4.78, 5) is 27.9. The molecule has 0 radical (unpaired) electrons. The molecule has 3 aromatic carbocycles. The summed E-state index contributed by atoms with van der Waals surface area (Å²) in [5, 5.41) is 13.8. The topological polar surface area (TPSA) is 104 Å². The van der Waals surface area contributed by atoms with Crippen LogP contribution in [-0.2, 0) is 20.9 Å². The molecule has 0 aliphatic rings. The van der Waals surface area contributed by atoms with Crippen LogP contribution in [-0.4, -0.2) is 62.1 Å². The molecule has 0 saturated heterocycles. The molecule has 2 atom stereocenters. The van der Waals surface area contributed by atoms with Crippen LogP contribution in [0.1, 0.15) is 18.9 Å². The van der Waals surface area contributed by atoms with Gasteiger partial charge in [0, 0.05) is 36.8 Å².